The zero-order valence-electron chi connectivity index (χ0n) is 17.2. The lowest BCUT2D eigenvalue weighted by Crippen LogP contribution is -2.50. The second kappa shape index (κ2) is 8.89. The molecule has 1 fully saturated rings. The summed E-state index contributed by atoms with van der Waals surface area (Å²) < 4.78 is 13.3. The van der Waals surface area contributed by atoms with Crippen molar-refractivity contribution in [3.05, 3.63) is 93.9 Å². The van der Waals surface area contributed by atoms with Gasteiger partial charge in [-0.05, 0) is 41.6 Å². The van der Waals surface area contributed by atoms with Gasteiger partial charge in [0.1, 0.15) is 11.4 Å². The Balaban J connectivity index is 1.44. The van der Waals surface area contributed by atoms with E-state index in [0.717, 1.165) is 10.4 Å². The molecule has 2 unspecified atom stereocenters. The van der Waals surface area contributed by atoms with Gasteiger partial charge in [0.15, 0.2) is 0 Å². The molecule has 0 spiro atoms. The van der Waals surface area contributed by atoms with Crippen molar-refractivity contribution in [2.75, 3.05) is 6.54 Å². The van der Waals surface area contributed by atoms with Crippen molar-refractivity contribution < 1.29 is 18.8 Å². The summed E-state index contributed by atoms with van der Waals surface area (Å²) >= 11 is 1.50. The highest BCUT2D eigenvalue weighted by Gasteiger charge is 2.49. The molecular weight excluding hydrogens is 431 g/mol. The van der Waals surface area contributed by atoms with Crippen LogP contribution < -0.4 is 16.1 Å². The molecule has 3 aromatic rings. The maximum atomic E-state index is 13.3. The number of nitrogens with zero attached hydrogens (tertiary/aromatic N) is 1. The molecule has 4 amide bonds. The van der Waals surface area contributed by atoms with Crippen molar-refractivity contribution in [2.24, 2.45) is 0 Å². The van der Waals surface area contributed by atoms with Gasteiger partial charge >= 0.3 is 6.03 Å². The van der Waals surface area contributed by atoms with Crippen molar-refractivity contribution in [1.82, 2.24) is 21.1 Å². The molecular formula is C23H21FN4O3S. The first-order chi connectivity index (χ1) is 15.4. The summed E-state index contributed by atoms with van der Waals surface area (Å²) in [5.41, 5.74) is 2.51. The van der Waals surface area contributed by atoms with Gasteiger partial charge in [-0.3, -0.25) is 20.3 Å². The number of carbonyl (C=O) groups excluding carboxylic acids is 3. The number of urea groups is 1. The smallest absolute Gasteiger partial charge is 0.318 e. The number of halogens is 1. The third kappa shape index (κ3) is 4.25. The number of carbonyl (C=O) groups is 3. The van der Waals surface area contributed by atoms with Crippen LogP contribution >= 0.6 is 11.3 Å². The summed E-state index contributed by atoms with van der Waals surface area (Å²) in [5.74, 6) is -1.48. The third-order valence-electron chi connectivity index (χ3n) is 5.28. The minimum atomic E-state index is -1.27. The van der Waals surface area contributed by atoms with Crippen LogP contribution in [0, 0.1) is 5.82 Å². The van der Waals surface area contributed by atoms with Crippen molar-refractivity contribution in [2.45, 2.75) is 18.5 Å². The van der Waals surface area contributed by atoms with Gasteiger partial charge in [0.05, 0.1) is 12.6 Å². The molecule has 1 saturated heterocycles. The number of hydrazine groups is 1. The number of rotatable bonds is 7. The second-order valence-corrected chi connectivity index (χ2v) is 8.46. The first-order valence-corrected chi connectivity index (χ1v) is 10.8. The molecule has 1 aliphatic rings. The second-order valence-electron chi connectivity index (χ2n) is 7.48. The topological polar surface area (TPSA) is 90.5 Å². The Kier molecular flexibility index (Phi) is 6.02. The third-order valence-corrected chi connectivity index (χ3v) is 6.21. The summed E-state index contributed by atoms with van der Waals surface area (Å²) in [6, 6.07) is 17.6. The van der Waals surface area contributed by atoms with Gasteiger partial charge in [-0.15, -0.1) is 11.3 Å². The van der Waals surface area contributed by atoms with Crippen LogP contribution in [0.4, 0.5) is 9.18 Å². The molecule has 32 heavy (non-hydrogen) atoms. The van der Waals surface area contributed by atoms with E-state index in [1.165, 1.54) is 23.5 Å². The number of benzene rings is 2. The van der Waals surface area contributed by atoms with Crippen LogP contribution in [0.25, 0.3) is 0 Å². The predicted molar refractivity (Wildman–Crippen MR) is 118 cm³/mol. The summed E-state index contributed by atoms with van der Waals surface area (Å²) in [5, 5.41) is 8.37. The largest absolute Gasteiger partial charge is 0.344 e. The molecule has 4 rings (SSSR count). The van der Waals surface area contributed by atoms with E-state index in [1.807, 2.05) is 23.6 Å². The van der Waals surface area contributed by atoms with Crippen molar-refractivity contribution in [3.8, 4) is 0 Å². The number of hydrogen-bond donors (Lipinski definition) is 3. The monoisotopic (exact) mass is 452 g/mol. The Morgan fingerprint density at radius 1 is 1.09 bits per heavy atom. The fourth-order valence-corrected chi connectivity index (χ4v) is 4.39. The minimum Gasteiger partial charge on any atom is -0.318 e. The van der Waals surface area contributed by atoms with Gasteiger partial charge < -0.3 is 5.32 Å². The SMILES string of the molecule is CC1(c2ccccc2)NC(=O)N(NC(=O)CNC(c2ccc(F)cc2)c2cccs2)C1=O. The Bertz CT molecular complexity index is 1120. The van der Waals surface area contributed by atoms with Crippen molar-refractivity contribution in [1.29, 1.82) is 0 Å². The molecule has 2 atom stereocenters. The van der Waals surface area contributed by atoms with Gasteiger partial charge in [0.2, 0.25) is 0 Å². The summed E-state index contributed by atoms with van der Waals surface area (Å²) in [6.07, 6.45) is 0. The van der Waals surface area contributed by atoms with Gasteiger partial charge in [-0.25, -0.2) is 9.18 Å². The average molecular weight is 453 g/mol. The maximum absolute atomic E-state index is 13.3. The first-order valence-electron chi connectivity index (χ1n) is 9.92. The number of hydrogen-bond acceptors (Lipinski definition) is 5. The Hall–Kier alpha value is -3.56. The van der Waals surface area contributed by atoms with E-state index in [9.17, 15) is 18.8 Å². The van der Waals surface area contributed by atoms with E-state index >= 15 is 0 Å². The highest BCUT2D eigenvalue weighted by Crippen LogP contribution is 2.28. The maximum Gasteiger partial charge on any atom is 0.344 e. The minimum absolute atomic E-state index is 0.168. The molecule has 1 aliphatic heterocycles. The van der Waals surface area contributed by atoms with E-state index in [0.29, 0.717) is 10.6 Å². The molecule has 0 aliphatic carbocycles. The molecule has 0 saturated carbocycles. The van der Waals surface area contributed by atoms with E-state index in [1.54, 1.807) is 43.3 Å². The van der Waals surface area contributed by atoms with E-state index in [2.05, 4.69) is 16.1 Å². The molecule has 164 valence electrons. The van der Waals surface area contributed by atoms with Crippen LogP contribution in [0.5, 0.6) is 0 Å². The van der Waals surface area contributed by atoms with Crippen molar-refractivity contribution in [3.63, 3.8) is 0 Å². The van der Waals surface area contributed by atoms with Crippen LogP contribution in [-0.2, 0) is 15.1 Å². The van der Waals surface area contributed by atoms with E-state index in [4.69, 9.17) is 0 Å². The molecule has 2 heterocycles. The van der Waals surface area contributed by atoms with E-state index in [-0.39, 0.29) is 18.4 Å². The summed E-state index contributed by atoms with van der Waals surface area (Å²) in [7, 11) is 0. The van der Waals surface area contributed by atoms with Gasteiger partial charge in [-0.2, -0.15) is 5.01 Å². The highest BCUT2D eigenvalue weighted by atomic mass is 32.1. The van der Waals surface area contributed by atoms with Crippen LogP contribution in [-0.4, -0.2) is 29.4 Å². The van der Waals surface area contributed by atoms with Gasteiger partial charge in [0, 0.05) is 4.88 Å². The zero-order valence-corrected chi connectivity index (χ0v) is 18.0. The normalized spacial score (nSPS) is 19.0. The van der Waals surface area contributed by atoms with Crippen LogP contribution in [0.2, 0.25) is 0 Å². The molecule has 3 N–H and O–H groups in total. The lowest BCUT2D eigenvalue weighted by Gasteiger charge is -2.22. The van der Waals surface area contributed by atoms with Gasteiger partial charge in [0.25, 0.3) is 11.8 Å². The van der Waals surface area contributed by atoms with Crippen LogP contribution in [0.15, 0.2) is 72.1 Å². The molecule has 9 heteroatoms. The zero-order chi connectivity index (χ0) is 22.7. The molecule has 7 nitrogen and oxygen atoms in total. The van der Waals surface area contributed by atoms with Crippen LogP contribution in [0.1, 0.15) is 29.0 Å². The summed E-state index contributed by atoms with van der Waals surface area (Å²) in [4.78, 5) is 38.9. The van der Waals surface area contributed by atoms with Gasteiger partial charge in [-0.1, -0.05) is 48.5 Å². The van der Waals surface area contributed by atoms with E-state index < -0.39 is 23.4 Å². The molecule has 0 radical (unpaired) electrons. The average Bonchev–Trinajstić information content (AvgIpc) is 3.39. The predicted octanol–water partition coefficient (Wildman–Crippen LogP) is 3.06. The number of imide groups is 1. The molecule has 1 aromatic heterocycles. The Morgan fingerprint density at radius 2 is 1.81 bits per heavy atom. The summed E-state index contributed by atoms with van der Waals surface area (Å²) in [6.45, 7) is 1.42. The fourth-order valence-electron chi connectivity index (χ4n) is 3.56. The molecule has 2 aromatic carbocycles. The Morgan fingerprint density at radius 3 is 2.47 bits per heavy atom. The molecule has 0 bridgehead atoms. The van der Waals surface area contributed by atoms with Crippen molar-refractivity contribution >= 4 is 29.2 Å². The Labute approximate surface area is 188 Å². The first kappa shape index (κ1) is 21.7. The highest BCUT2D eigenvalue weighted by molar-refractivity contribution is 7.10. The standard InChI is InChI=1S/C23H21FN4O3S/c1-23(16-6-3-2-4-7-16)21(30)28(22(31)26-23)27-19(29)14-25-20(18-8-5-13-32-18)15-9-11-17(24)12-10-15/h2-13,20,25H,14H2,1H3,(H,26,31)(H,27,29). The fraction of sp³-hybridized carbons (Fsp3) is 0.174. The lowest BCUT2D eigenvalue weighted by molar-refractivity contribution is -0.138. The van der Waals surface area contributed by atoms with Crippen LogP contribution in [0.3, 0.4) is 0 Å². The number of amides is 4. The number of nitrogens with one attached hydrogen (secondary N) is 3. The quantitative estimate of drug-likeness (QED) is 0.481. The lowest BCUT2D eigenvalue weighted by atomic mass is 9.92. The number of thiophene rings is 1.